The molecule has 2 aromatic heterocycles. The van der Waals surface area contributed by atoms with Gasteiger partial charge in [-0.05, 0) is 6.92 Å². The van der Waals surface area contributed by atoms with Crippen LogP contribution in [0.2, 0.25) is 0 Å². The van der Waals surface area contributed by atoms with Gasteiger partial charge in [0.1, 0.15) is 0 Å². The molecule has 6 heteroatoms. The van der Waals surface area contributed by atoms with E-state index in [9.17, 15) is 0 Å². The van der Waals surface area contributed by atoms with Crippen LogP contribution in [0.5, 0.6) is 5.19 Å². The lowest BCUT2D eigenvalue weighted by atomic mass is 10.3. The molecule has 0 bridgehead atoms. The topological polar surface area (TPSA) is 47.0 Å². The Balaban J connectivity index is 2.39. The van der Waals surface area contributed by atoms with Crippen molar-refractivity contribution in [3.63, 3.8) is 0 Å². The summed E-state index contributed by atoms with van der Waals surface area (Å²) in [5.74, 6) is 0. The van der Waals surface area contributed by atoms with E-state index in [2.05, 4.69) is 15.3 Å². The van der Waals surface area contributed by atoms with Crippen molar-refractivity contribution in [1.82, 2.24) is 9.97 Å². The van der Waals surface area contributed by atoms with Crippen molar-refractivity contribution in [1.29, 1.82) is 0 Å². The van der Waals surface area contributed by atoms with Crippen molar-refractivity contribution in [2.45, 2.75) is 6.92 Å². The number of nitrogens with zero attached hydrogens (tertiary/aromatic N) is 2. The molecule has 0 aliphatic carbocycles. The molecule has 0 aliphatic rings. The summed E-state index contributed by atoms with van der Waals surface area (Å²) in [4.78, 5) is 9.78. The van der Waals surface area contributed by atoms with Crippen LogP contribution in [0.25, 0.3) is 10.6 Å². The van der Waals surface area contributed by atoms with Gasteiger partial charge in [-0.15, -0.1) is 11.3 Å². The number of hydrogen-bond acceptors (Lipinski definition) is 6. The van der Waals surface area contributed by atoms with Crippen LogP contribution in [-0.4, -0.2) is 24.1 Å². The fourth-order valence-electron chi connectivity index (χ4n) is 1.19. The lowest BCUT2D eigenvalue weighted by Crippen LogP contribution is -1.85. The highest BCUT2D eigenvalue weighted by atomic mass is 32.1. The first-order chi connectivity index (χ1) is 7.24. The van der Waals surface area contributed by atoms with E-state index >= 15 is 0 Å². The lowest BCUT2D eigenvalue weighted by molar-refractivity contribution is 0.411. The van der Waals surface area contributed by atoms with E-state index in [1.807, 2.05) is 19.4 Å². The van der Waals surface area contributed by atoms with Crippen LogP contribution in [0.15, 0.2) is 5.38 Å². The third kappa shape index (κ3) is 1.95. The monoisotopic (exact) mass is 241 g/mol. The molecule has 0 radical (unpaired) electrons. The highest BCUT2D eigenvalue weighted by Gasteiger charge is 2.12. The third-order valence-corrected chi connectivity index (χ3v) is 3.90. The molecule has 0 aliphatic heterocycles. The first-order valence-corrected chi connectivity index (χ1v) is 6.09. The standard InChI is InChI=1S/C9H11N3OS2/c1-5-7(15-9(11-5)13-3)6-4-14-8(10-2)12-6/h4H,1-3H3,(H,10,12). The van der Waals surface area contributed by atoms with Gasteiger partial charge in [0.05, 0.1) is 23.4 Å². The summed E-state index contributed by atoms with van der Waals surface area (Å²) in [6.45, 7) is 1.97. The first-order valence-electron chi connectivity index (χ1n) is 4.39. The largest absolute Gasteiger partial charge is 0.473 e. The zero-order valence-corrected chi connectivity index (χ0v) is 10.3. The maximum absolute atomic E-state index is 5.10. The quantitative estimate of drug-likeness (QED) is 0.897. The molecule has 0 amide bonds. The second-order valence-corrected chi connectivity index (χ2v) is 4.71. The Hall–Kier alpha value is -1.14. The Kier molecular flexibility index (Phi) is 2.88. The second-order valence-electron chi connectivity index (χ2n) is 2.89. The van der Waals surface area contributed by atoms with Gasteiger partial charge in [0, 0.05) is 12.4 Å². The molecule has 0 saturated carbocycles. The van der Waals surface area contributed by atoms with Gasteiger partial charge in [-0.3, -0.25) is 0 Å². The lowest BCUT2D eigenvalue weighted by Gasteiger charge is -1.91. The van der Waals surface area contributed by atoms with Gasteiger partial charge in [-0.25, -0.2) is 9.97 Å². The summed E-state index contributed by atoms with van der Waals surface area (Å²) in [6, 6.07) is 0. The molecule has 0 aromatic carbocycles. The maximum Gasteiger partial charge on any atom is 0.273 e. The van der Waals surface area contributed by atoms with Gasteiger partial charge in [0.2, 0.25) is 0 Å². The maximum atomic E-state index is 5.10. The number of thiazole rings is 2. The minimum atomic E-state index is 0.682. The Labute approximate surface area is 96.0 Å². The average molecular weight is 241 g/mol. The fraction of sp³-hybridized carbons (Fsp3) is 0.333. The molecular weight excluding hydrogens is 230 g/mol. The zero-order chi connectivity index (χ0) is 10.8. The molecule has 0 fully saturated rings. The minimum Gasteiger partial charge on any atom is -0.473 e. The molecule has 4 nitrogen and oxygen atoms in total. The van der Waals surface area contributed by atoms with Crippen molar-refractivity contribution in [3.05, 3.63) is 11.1 Å². The van der Waals surface area contributed by atoms with Gasteiger partial charge in [0.25, 0.3) is 5.19 Å². The van der Waals surface area contributed by atoms with Gasteiger partial charge in [-0.2, -0.15) is 0 Å². The van der Waals surface area contributed by atoms with Crippen LogP contribution in [0, 0.1) is 6.92 Å². The van der Waals surface area contributed by atoms with E-state index in [0.717, 1.165) is 21.4 Å². The van der Waals surface area contributed by atoms with Gasteiger partial charge >= 0.3 is 0 Å². The van der Waals surface area contributed by atoms with Crippen molar-refractivity contribution in [2.75, 3.05) is 19.5 Å². The van der Waals surface area contributed by atoms with E-state index < -0.39 is 0 Å². The van der Waals surface area contributed by atoms with E-state index in [1.54, 1.807) is 18.4 Å². The minimum absolute atomic E-state index is 0.682. The summed E-state index contributed by atoms with van der Waals surface area (Å²) in [5.41, 5.74) is 1.92. The Morgan fingerprint density at radius 3 is 2.73 bits per heavy atom. The number of hydrogen-bond donors (Lipinski definition) is 1. The molecule has 2 rings (SSSR count). The summed E-state index contributed by atoms with van der Waals surface area (Å²) in [7, 11) is 3.49. The Morgan fingerprint density at radius 2 is 2.20 bits per heavy atom. The second kappa shape index (κ2) is 4.16. The van der Waals surface area contributed by atoms with Crippen molar-refractivity contribution < 1.29 is 4.74 Å². The predicted molar refractivity (Wildman–Crippen MR) is 64.1 cm³/mol. The van der Waals surface area contributed by atoms with Gasteiger partial charge in [-0.1, -0.05) is 11.3 Å². The van der Waals surface area contributed by atoms with Crippen LogP contribution in [0.4, 0.5) is 5.13 Å². The number of anilines is 1. The highest BCUT2D eigenvalue weighted by Crippen LogP contribution is 2.35. The SMILES string of the molecule is CNc1nc(-c2sc(OC)nc2C)cs1. The number of rotatable bonds is 3. The Morgan fingerprint density at radius 1 is 1.40 bits per heavy atom. The molecule has 1 N–H and O–H groups in total. The van der Waals surface area contributed by atoms with Crippen LogP contribution >= 0.6 is 22.7 Å². The number of nitrogens with one attached hydrogen (secondary N) is 1. The highest BCUT2D eigenvalue weighted by molar-refractivity contribution is 7.18. The van der Waals surface area contributed by atoms with Crippen LogP contribution < -0.4 is 10.1 Å². The molecule has 80 valence electrons. The van der Waals surface area contributed by atoms with Crippen molar-refractivity contribution in [3.8, 4) is 15.8 Å². The van der Waals surface area contributed by atoms with Gasteiger partial charge in [0.15, 0.2) is 5.13 Å². The predicted octanol–water partition coefficient (Wildman–Crippen LogP) is 2.63. The number of methoxy groups -OCH3 is 1. The normalized spacial score (nSPS) is 10.3. The smallest absolute Gasteiger partial charge is 0.273 e. The van der Waals surface area contributed by atoms with E-state index in [-0.39, 0.29) is 0 Å². The average Bonchev–Trinajstić information content (AvgIpc) is 2.83. The molecule has 0 unspecified atom stereocenters. The van der Waals surface area contributed by atoms with E-state index in [4.69, 9.17) is 4.74 Å². The number of ether oxygens (including phenoxy) is 1. The van der Waals surface area contributed by atoms with E-state index in [1.165, 1.54) is 11.3 Å². The fourth-order valence-corrected chi connectivity index (χ4v) is 2.77. The Bertz CT molecular complexity index is 464. The molecule has 2 aromatic rings. The molecule has 0 spiro atoms. The van der Waals surface area contributed by atoms with Crippen LogP contribution in [-0.2, 0) is 0 Å². The summed E-state index contributed by atoms with van der Waals surface area (Å²) < 4.78 is 5.10. The molecular formula is C9H11N3OS2. The van der Waals surface area contributed by atoms with Crippen molar-refractivity contribution in [2.24, 2.45) is 0 Å². The number of aromatic nitrogens is 2. The summed E-state index contributed by atoms with van der Waals surface area (Å²) in [5, 5.41) is 6.63. The van der Waals surface area contributed by atoms with Crippen LogP contribution in [0.3, 0.4) is 0 Å². The first kappa shape index (κ1) is 10.4. The molecule has 2 heterocycles. The number of aryl methyl sites for hydroxylation is 1. The molecule has 15 heavy (non-hydrogen) atoms. The summed E-state index contributed by atoms with van der Waals surface area (Å²) >= 11 is 3.11. The van der Waals surface area contributed by atoms with Crippen molar-refractivity contribution >= 4 is 27.8 Å². The van der Waals surface area contributed by atoms with E-state index in [0.29, 0.717) is 5.19 Å². The third-order valence-electron chi connectivity index (χ3n) is 1.90. The van der Waals surface area contributed by atoms with Gasteiger partial charge < -0.3 is 10.1 Å². The zero-order valence-electron chi connectivity index (χ0n) is 8.70. The summed E-state index contributed by atoms with van der Waals surface area (Å²) in [6.07, 6.45) is 0. The molecule has 0 saturated heterocycles. The van der Waals surface area contributed by atoms with Crippen LogP contribution in [0.1, 0.15) is 5.69 Å². The molecule has 0 atom stereocenters.